The summed E-state index contributed by atoms with van der Waals surface area (Å²) in [6.45, 7) is 5.08. The Morgan fingerprint density at radius 1 is 1.50 bits per heavy atom. The number of esters is 1. The summed E-state index contributed by atoms with van der Waals surface area (Å²) < 4.78 is 9.93. The number of hydrogen-bond acceptors (Lipinski definition) is 4. The molecule has 0 aliphatic carbocycles. The zero-order chi connectivity index (χ0) is 10.4. The third-order valence-electron chi connectivity index (χ3n) is 1.58. The molecule has 5 heteroatoms. The van der Waals surface area contributed by atoms with Gasteiger partial charge in [-0.2, -0.15) is 5.10 Å². The van der Waals surface area contributed by atoms with Crippen molar-refractivity contribution in [3.8, 4) is 0 Å². The summed E-state index contributed by atoms with van der Waals surface area (Å²) in [7, 11) is 0. The van der Waals surface area contributed by atoms with E-state index in [4.69, 9.17) is 9.47 Å². The Kier molecular flexibility index (Phi) is 4.12. The van der Waals surface area contributed by atoms with E-state index in [0.29, 0.717) is 25.5 Å². The molecule has 5 nitrogen and oxygen atoms in total. The second kappa shape index (κ2) is 5.39. The molecular formula is C9H14N2O3. The monoisotopic (exact) mass is 198 g/mol. The minimum atomic E-state index is -0.411. The lowest BCUT2D eigenvalue weighted by Crippen LogP contribution is -2.04. The standard InChI is InChI=1S/C9H14N2O3/c1-3-13-6-7-5-8(11-10-7)9(12)14-4-2/h5H,3-4,6H2,1-2H3,(H,10,11). The number of rotatable bonds is 5. The van der Waals surface area contributed by atoms with Crippen LogP contribution in [0.1, 0.15) is 30.0 Å². The molecule has 1 aromatic rings. The smallest absolute Gasteiger partial charge is 0.358 e. The molecule has 0 saturated heterocycles. The molecule has 0 amide bonds. The predicted octanol–water partition coefficient (Wildman–Crippen LogP) is 1.12. The van der Waals surface area contributed by atoms with Crippen LogP contribution >= 0.6 is 0 Å². The van der Waals surface area contributed by atoms with Crippen LogP contribution < -0.4 is 0 Å². The Morgan fingerprint density at radius 2 is 2.29 bits per heavy atom. The van der Waals surface area contributed by atoms with Gasteiger partial charge >= 0.3 is 5.97 Å². The Hall–Kier alpha value is -1.36. The highest BCUT2D eigenvalue weighted by molar-refractivity contribution is 5.87. The molecule has 0 fully saturated rings. The summed E-state index contributed by atoms with van der Waals surface area (Å²) in [6, 6.07) is 1.63. The van der Waals surface area contributed by atoms with Gasteiger partial charge in [0.1, 0.15) is 0 Å². The van der Waals surface area contributed by atoms with Gasteiger partial charge in [0.2, 0.25) is 0 Å². The van der Waals surface area contributed by atoms with Crippen LogP contribution in [0.5, 0.6) is 0 Å². The quantitative estimate of drug-likeness (QED) is 0.720. The van der Waals surface area contributed by atoms with Crippen LogP contribution in [0, 0.1) is 0 Å². The molecule has 0 radical (unpaired) electrons. The second-order valence-corrected chi connectivity index (χ2v) is 2.64. The van der Waals surface area contributed by atoms with E-state index in [2.05, 4.69) is 10.2 Å². The van der Waals surface area contributed by atoms with Crippen LogP contribution in [0.25, 0.3) is 0 Å². The van der Waals surface area contributed by atoms with E-state index >= 15 is 0 Å². The minimum absolute atomic E-state index is 0.293. The van der Waals surface area contributed by atoms with E-state index in [1.165, 1.54) is 0 Å². The van der Waals surface area contributed by atoms with Gasteiger partial charge in [-0.3, -0.25) is 5.10 Å². The maximum Gasteiger partial charge on any atom is 0.358 e. The van der Waals surface area contributed by atoms with Gasteiger partial charge in [-0.05, 0) is 19.9 Å². The molecule has 0 spiro atoms. The van der Waals surface area contributed by atoms with Crippen LogP contribution in [0.3, 0.4) is 0 Å². The third-order valence-corrected chi connectivity index (χ3v) is 1.58. The van der Waals surface area contributed by atoms with E-state index in [0.717, 1.165) is 5.69 Å². The highest BCUT2D eigenvalue weighted by atomic mass is 16.5. The lowest BCUT2D eigenvalue weighted by atomic mass is 10.3. The van der Waals surface area contributed by atoms with Gasteiger partial charge in [0.05, 0.1) is 18.9 Å². The molecule has 0 aromatic carbocycles. The zero-order valence-electron chi connectivity index (χ0n) is 8.37. The van der Waals surface area contributed by atoms with E-state index in [1.54, 1.807) is 13.0 Å². The van der Waals surface area contributed by atoms with Crippen LogP contribution in [-0.2, 0) is 16.1 Å². The van der Waals surface area contributed by atoms with E-state index < -0.39 is 5.97 Å². The van der Waals surface area contributed by atoms with Crippen LogP contribution in [0.2, 0.25) is 0 Å². The molecule has 0 saturated carbocycles. The molecule has 0 unspecified atom stereocenters. The summed E-state index contributed by atoms with van der Waals surface area (Å²) in [6.07, 6.45) is 0. The van der Waals surface area contributed by atoms with Gasteiger partial charge in [0, 0.05) is 6.61 Å². The van der Waals surface area contributed by atoms with Crippen molar-refractivity contribution < 1.29 is 14.3 Å². The number of nitrogens with one attached hydrogen (secondary N) is 1. The zero-order valence-corrected chi connectivity index (χ0v) is 8.37. The molecule has 0 aliphatic rings. The lowest BCUT2D eigenvalue weighted by molar-refractivity contribution is 0.0519. The van der Waals surface area contributed by atoms with E-state index in [1.807, 2.05) is 6.92 Å². The van der Waals surface area contributed by atoms with Crippen LogP contribution in [-0.4, -0.2) is 29.4 Å². The molecule has 0 atom stereocenters. The Labute approximate surface area is 82.4 Å². The summed E-state index contributed by atoms with van der Waals surface area (Å²) in [5.41, 5.74) is 1.07. The summed E-state index contributed by atoms with van der Waals surface area (Å²) >= 11 is 0. The number of carbonyl (C=O) groups is 1. The molecular weight excluding hydrogens is 184 g/mol. The van der Waals surface area contributed by atoms with Crippen LogP contribution in [0.15, 0.2) is 6.07 Å². The largest absolute Gasteiger partial charge is 0.461 e. The summed E-state index contributed by atoms with van der Waals surface area (Å²) in [5, 5.41) is 6.51. The maximum atomic E-state index is 11.2. The fourth-order valence-electron chi connectivity index (χ4n) is 0.957. The van der Waals surface area contributed by atoms with E-state index in [-0.39, 0.29) is 0 Å². The third kappa shape index (κ3) is 2.85. The van der Waals surface area contributed by atoms with Crippen LogP contribution in [0.4, 0.5) is 0 Å². The summed E-state index contributed by atoms with van der Waals surface area (Å²) in [4.78, 5) is 11.2. The second-order valence-electron chi connectivity index (χ2n) is 2.64. The molecule has 1 heterocycles. The van der Waals surface area contributed by atoms with Crippen molar-refractivity contribution >= 4 is 5.97 Å². The average Bonchev–Trinajstić information content (AvgIpc) is 2.63. The number of aromatic nitrogens is 2. The van der Waals surface area contributed by atoms with Crippen molar-refractivity contribution in [1.29, 1.82) is 0 Å². The normalized spacial score (nSPS) is 10.1. The molecule has 0 bridgehead atoms. The number of carbonyl (C=O) groups excluding carboxylic acids is 1. The van der Waals surface area contributed by atoms with Crippen molar-refractivity contribution in [1.82, 2.24) is 10.2 Å². The molecule has 14 heavy (non-hydrogen) atoms. The Bertz CT molecular complexity index is 296. The number of hydrogen-bond donors (Lipinski definition) is 1. The highest BCUT2D eigenvalue weighted by Gasteiger charge is 2.10. The fourth-order valence-corrected chi connectivity index (χ4v) is 0.957. The number of aromatic amines is 1. The van der Waals surface area contributed by atoms with E-state index in [9.17, 15) is 4.79 Å². The van der Waals surface area contributed by atoms with Gasteiger partial charge in [0.15, 0.2) is 5.69 Å². The molecule has 1 N–H and O–H groups in total. The number of nitrogens with zero attached hydrogens (tertiary/aromatic N) is 1. The van der Waals surface area contributed by atoms with Gasteiger partial charge in [-0.15, -0.1) is 0 Å². The first-order valence-electron chi connectivity index (χ1n) is 4.57. The topological polar surface area (TPSA) is 64.2 Å². The van der Waals surface area contributed by atoms with Crippen molar-refractivity contribution in [2.24, 2.45) is 0 Å². The average molecular weight is 198 g/mol. The van der Waals surface area contributed by atoms with Gasteiger partial charge in [-0.1, -0.05) is 0 Å². The van der Waals surface area contributed by atoms with Gasteiger partial charge < -0.3 is 9.47 Å². The number of H-pyrrole nitrogens is 1. The summed E-state index contributed by atoms with van der Waals surface area (Å²) in [5.74, 6) is -0.411. The molecule has 1 rings (SSSR count). The molecule has 78 valence electrons. The van der Waals surface area contributed by atoms with Crippen molar-refractivity contribution in [2.75, 3.05) is 13.2 Å². The molecule has 1 aromatic heterocycles. The Balaban J connectivity index is 2.54. The SMILES string of the molecule is CCOCc1cc(C(=O)OCC)n[nH]1. The predicted molar refractivity (Wildman–Crippen MR) is 49.9 cm³/mol. The number of ether oxygens (including phenoxy) is 2. The highest BCUT2D eigenvalue weighted by Crippen LogP contribution is 2.02. The van der Waals surface area contributed by atoms with Crippen molar-refractivity contribution in [3.63, 3.8) is 0 Å². The van der Waals surface area contributed by atoms with Gasteiger partial charge in [0.25, 0.3) is 0 Å². The lowest BCUT2D eigenvalue weighted by Gasteiger charge is -1.96. The minimum Gasteiger partial charge on any atom is -0.461 e. The fraction of sp³-hybridized carbons (Fsp3) is 0.556. The first-order valence-corrected chi connectivity index (χ1v) is 4.57. The van der Waals surface area contributed by atoms with Crippen molar-refractivity contribution in [3.05, 3.63) is 17.5 Å². The molecule has 0 aliphatic heterocycles. The first-order chi connectivity index (χ1) is 6.77. The first kappa shape index (κ1) is 10.7. The van der Waals surface area contributed by atoms with Gasteiger partial charge in [-0.25, -0.2) is 4.79 Å². The maximum absolute atomic E-state index is 11.2. The Morgan fingerprint density at radius 3 is 2.93 bits per heavy atom. The van der Waals surface area contributed by atoms with Crippen molar-refractivity contribution in [2.45, 2.75) is 20.5 Å².